The highest BCUT2D eigenvalue weighted by Gasteiger charge is 2.51. The van der Waals surface area contributed by atoms with E-state index in [0.717, 1.165) is 38.5 Å². The van der Waals surface area contributed by atoms with Crippen LogP contribution >= 0.6 is 0 Å². The molecule has 0 spiro atoms. The molecule has 2 rings (SSSR count). The Hall–Kier alpha value is -0.553. The van der Waals surface area contributed by atoms with Crippen LogP contribution in [0.15, 0.2) is 0 Å². The third kappa shape index (κ3) is 10.5. The van der Waals surface area contributed by atoms with E-state index in [-0.39, 0.29) is 53.4 Å². The third-order valence-electron chi connectivity index (χ3n) is 9.33. The molecule has 1 heterocycles. The minimum absolute atomic E-state index is 0.0158. The predicted octanol–water partition coefficient (Wildman–Crippen LogP) is 7.28. The molecule has 0 amide bonds. The molecule has 0 radical (unpaired) electrons. The maximum atomic E-state index is 12.7. The van der Waals surface area contributed by atoms with E-state index >= 15 is 0 Å². The normalized spacial score (nSPS) is 32.6. The Morgan fingerprint density at radius 1 is 0.810 bits per heavy atom. The average molecular weight is 617 g/mol. The number of unbranched alkanes of at least 4 members (excludes halogenated alkanes) is 3. The molecule has 0 bridgehead atoms. The van der Waals surface area contributed by atoms with Crippen LogP contribution in [-0.4, -0.2) is 84.1 Å². The van der Waals surface area contributed by atoms with Crippen LogP contribution < -0.4 is 0 Å². The Balaban J connectivity index is 2.41. The summed E-state index contributed by atoms with van der Waals surface area (Å²) in [6.45, 7) is 23.8. The highest BCUT2D eigenvalue weighted by atomic mass is 28.4. The van der Waals surface area contributed by atoms with E-state index in [4.69, 9.17) is 32.8 Å². The molecule has 0 N–H and O–H groups in total. The zero-order valence-electron chi connectivity index (χ0n) is 28.7. The molecule has 2 fully saturated rings. The SMILES string of the molecule is CCCCOC1C(OCCCC)[C@H](OCCCC)C(C)O[C@H]1OC1C(C)CC(C(=O)OC)C[C@H]1O[Si](C)(C)C(C)(C)C. The highest BCUT2D eigenvalue weighted by Crippen LogP contribution is 2.43. The Labute approximate surface area is 258 Å². The average Bonchev–Trinajstić information content (AvgIpc) is 2.92. The molecule has 6 unspecified atom stereocenters. The van der Waals surface area contributed by atoms with Crippen LogP contribution in [0.4, 0.5) is 0 Å². The molecule has 2 aliphatic rings. The van der Waals surface area contributed by atoms with E-state index in [9.17, 15) is 4.79 Å². The molecule has 1 aliphatic carbocycles. The first-order valence-corrected chi connectivity index (χ1v) is 19.6. The summed E-state index contributed by atoms with van der Waals surface area (Å²) in [5, 5.41) is 0.0158. The Kier molecular flexibility index (Phi) is 16.0. The fraction of sp³-hybridized carbons (Fsp3) is 0.970. The molecule has 9 heteroatoms. The molecule has 0 aromatic carbocycles. The van der Waals surface area contributed by atoms with E-state index in [1.807, 2.05) is 6.92 Å². The van der Waals surface area contributed by atoms with Crippen molar-refractivity contribution in [1.29, 1.82) is 0 Å². The Bertz CT molecular complexity index is 772. The van der Waals surface area contributed by atoms with Gasteiger partial charge in [0.1, 0.15) is 18.3 Å². The van der Waals surface area contributed by atoms with Crippen molar-refractivity contribution < 1.29 is 37.6 Å². The number of hydrogen-bond donors (Lipinski definition) is 0. The fourth-order valence-electron chi connectivity index (χ4n) is 5.64. The van der Waals surface area contributed by atoms with Crippen LogP contribution in [0.3, 0.4) is 0 Å². The zero-order valence-corrected chi connectivity index (χ0v) is 29.7. The summed E-state index contributed by atoms with van der Waals surface area (Å²) in [6.07, 6.45) is 4.92. The maximum absolute atomic E-state index is 12.7. The lowest BCUT2D eigenvalue weighted by atomic mass is 9.78. The molecule has 1 aliphatic heterocycles. The maximum Gasteiger partial charge on any atom is 0.308 e. The lowest BCUT2D eigenvalue weighted by molar-refractivity contribution is -0.334. The van der Waals surface area contributed by atoms with Gasteiger partial charge in [-0.3, -0.25) is 4.79 Å². The van der Waals surface area contributed by atoms with Gasteiger partial charge in [-0.25, -0.2) is 0 Å². The molecule has 42 heavy (non-hydrogen) atoms. The second-order valence-electron chi connectivity index (χ2n) is 14.0. The van der Waals surface area contributed by atoms with Gasteiger partial charge in [-0.2, -0.15) is 0 Å². The summed E-state index contributed by atoms with van der Waals surface area (Å²) < 4.78 is 45.2. The van der Waals surface area contributed by atoms with Crippen LogP contribution in [0.25, 0.3) is 0 Å². The third-order valence-corrected chi connectivity index (χ3v) is 13.8. The number of hydrogen-bond acceptors (Lipinski definition) is 8. The van der Waals surface area contributed by atoms with Crippen LogP contribution in [0.5, 0.6) is 0 Å². The molecule has 8 nitrogen and oxygen atoms in total. The number of carbonyl (C=O) groups is 1. The van der Waals surface area contributed by atoms with Crippen molar-refractivity contribution in [2.24, 2.45) is 11.8 Å². The summed E-state index contributed by atoms with van der Waals surface area (Å²) in [6, 6.07) is 0. The molecule has 1 saturated heterocycles. The molecule has 9 atom stereocenters. The number of esters is 1. The number of methoxy groups -OCH3 is 1. The fourth-order valence-corrected chi connectivity index (χ4v) is 6.98. The van der Waals surface area contributed by atoms with Crippen molar-refractivity contribution in [3.05, 3.63) is 0 Å². The number of carbonyl (C=O) groups excluding carboxylic acids is 1. The van der Waals surface area contributed by atoms with Gasteiger partial charge in [0, 0.05) is 19.8 Å². The van der Waals surface area contributed by atoms with Gasteiger partial charge in [0.2, 0.25) is 0 Å². The van der Waals surface area contributed by atoms with Gasteiger partial charge < -0.3 is 32.8 Å². The Morgan fingerprint density at radius 3 is 1.83 bits per heavy atom. The van der Waals surface area contributed by atoms with Crippen molar-refractivity contribution in [2.45, 2.75) is 168 Å². The predicted molar refractivity (Wildman–Crippen MR) is 169 cm³/mol. The van der Waals surface area contributed by atoms with Gasteiger partial charge in [-0.05, 0) is 63.1 Å². The first kappa shape index (κ1) is 37.6. The Morgan fingerprint density at radius 2 is 1.33 bits per heavy atom. The lowest BCUT2D eigenvalue weighted by Crippen LogP contribution is -2.62. The van der Waals surface area contributed by atoms with Crippen molar-refractivity contribution in [2.75, 3.05) is 26.9 Å². The van der Waals surface area contributed by atoms with Gasteiger partial charge in [0.25, 0.3) is 0 Å². The van der Waals surface area contributed by atoms with Crippen molar-refractivity contribution in [3.8, 4) is 0 Å². The zero-order chi connectivity index (χ0) is 31.5. The molecular weight excluding hydrogens is 552 g/mol. The van der Waals surface area contributed by atoms with Crippen LogP contribution in [0, 0.1) is 11.8 Å². The minimum Gasteiger partial charge on any atom is -0.469 e. The number of rotatable bonds is 17. The smallest absolute Gasteiger partial charge is 0.308 e. The minimum atomic E-state index is -2.17. The van der Waals surface area contributed by atoms with E-state index in [1.54, 1.807) is 0 Å². The number of ether oxygens (including phenoxy) is 6. The summed E-state index contributed by atoms with van der Waals surface area (Å²) in [5.74, 6) is -0.335. The van der Waals surface area contributed by atoms with Crippen molar-refractivity contribution >= 4 is 14.3 Å². The second-order valence-corrected chi connectivity index (χ2v) is 18.7. The molecule has 248 valence electrons. The summed E-state index contributed by atoms with van der Waals surface area (Å²) in [7, 11) is -0.710. The first-order valence-electron chi connectivity index (χ1n) is 16.7. The lowest BCUT2D eigenvalue weighted by Gasteiger charge is -2.49. The summed E-state index contributed by atoms with van der Waals surface area (Å²) >= 11 is 0. The molecule has 0 aromatic rings. The summed E-state index contributed by atoms with van der Waals surface area (Å²) in [4.78, 5) is 12.7. The highest BCUT2D eigenvalue weighted by molar-refractivity contribution is 6.74. The molecule has 1 saturated carbocycles. The van der Waals surface area contributed by atoms with Gasteiger partial charge in [0.05, 0.1) is 31.3 Å². The molecule has 0 aromatic heterocycles. The van der Waals surface area contributed by atoms with Gasteiger partial charge in [0.15, 0.2) is 14.6 Å². The van der Waals surface area contributed by atoms with E-state index in [1.165, 1.54) is 7.11 Å². The van der Waals surface area contributed by atoms with E-state index in [2.05, 4.69) is 61.6 Å². The standard InChI is InChI=1S/C33H64O8Si/c1-12-15-18-36-28-24(5)39-32(30(38-20-17-14-3)29(28)37-19-16-13-2)40-27-23(4)21-25(31(34)35-9)22-26(27)41-42(10,11)33(6,7)8/h23-30,32H,12-22H2,1-11H3/t23?,24?,25?,26-,27?,28-,29?,30?,32+/m1/s1. The first-order chi connectivity index (χ1) is 19.8. The van der Waals surface area contributed by atoms with E-state index < -0.39 is 20.7 Å². The van der Waals surface area contributed by atoms with Crippen molar-refractivity contribution in [3.63, 3.8) is 0 Å². The van der Waals surface area contributed by atoms with Crippen LogP contribution in [0.2, 0.25) is 18.1 Å². The van der Waals surface area contributed by atoms with Crippen molar-refractivity contribution in [1.82, 2.24) is 0 Å². The van der Waals surface area contributed by atoms with Crippen LogP contribution in [-0.2, 0) is 37.6 Å². The topological polar surface area (TPSA) is 81.7 Å². The van der Waals surface area contributed by atoms with Crippen LogP contribution in [0.1, 0.15) is 107 Å². The largest absolute Gasteiger partial charge is 0.469 e. The summed E-state index contributed by atoms with van der Waals surface area (Å²) in [5.41, 5.74) is 0. The van der Waals surface area contributed by atoms with Gasteiger partial charge in [-0.15, -0.1) is 0 Å². The quantitative estimate of drug-likeness (QED) is 0.0958. The molecular formula is C33H64O8Si. The second kappa shape index (κ2) is 17.8. The van der Waals surface area contributed by atoms with Gasteiger partial charge >= 0.3 is 5.97 Å². The van der Waals surface area contributed by atoms with Gasteiger partial charge in [-0.1, -0.05) is 67.7 Å². The monoisotopic (exact) mass is 616 g/mol. The van der Waals surface area contributed by atoms with E-state index in [0.29, 0.717) is 32.7 Å².